The Kier molecular flexibility index (Phi) is 9.98. The molecule has 196 valence electrons. The van der Waals surface area contributed by atoms with E-state index in [9.17, 15) is 24.5 Å². The summed E-state index contributed by atoms with van der Waals surface area (Å²) in [7, 11) is 0. The number of nitro groups is 1. The van der Waals surface area contributed by atoms with Crippen LogP contribution in [-0.4, -0.2) is 71.4 Å². The van der Waals surface area contributed by atoms with Crippen molar-refractivity contribution in [1.82, 2.24) is 20.9 Å². The molecule has 3 atom stereocenters. The average molecular weight is 504 g/mol. The van der Waals surface area contributed by atoms with Crippen LogP contribution in [0, 0.1) is 10.1 Å². The number of benzene rings is 1. The lowest BCUT2D eigenvalue weighted by atomic mass is 10.1. The average Bonchev–Trinajstić information content (AvgIpc) is 3.57. The van der Waals surface area contributed by atoms with Gasteiger partial charge in [0.15, 0.2) is 5.03 Å². The van der Waals surface area contributed by atoms with Gasteiger partial charge < -0.3 is 31.3 Å². The van der Waals surface area contributed by atoms with Gasteiger partial charge in [0.25, 0.3) is 5.96 Å². The number of hydrogen-bond donors (Lipinski definition) is 4. The van der Waals surface area contributed by atoms with E-state index < -0.39 is 29.0 Å². The molecule has 36 heavy (non-hydrogen) atoms. The first-order valence-corrected chi connectivity index (χ1v) is 12.1. The van der Waals surface area contributed by atoms with E-state index in [1.807, 2.05) is 30.3 Å². The van der Waals surface area contributed by atoms with Crippen LogP contribution in [0.3, 0.4) is 0 Å². The first kappa shape index (κ1) is 26.9. The smallest absolute Gasteiger partial charge is 0.328 e. The Balaban J connectivity index is 1.60. The third kappa shape index (κ3) is 7.90. The van der Waals surface area contributed by atoms with Gasteiger partial charge in [-0.05, 0) is 50.6 Å². The number of nitrogens with one attached hydrogen (secondary N) is 3. The van der Waals surface area contributed by atoms with E-state index in [2.05, 4.69) is 21.1 Å². The van der Waals surface area contributed by atoms with Crippen LogP contribution in [0.25, 0.3) is 0 Å². The molecule has 3 rings (SSSR count). The van der Waals surface area contributed by atoms with Crippen LogP contribution < -0.4 is 21.7 Å². The number of guanidine groups is 1. The third-order valence-electron chi connectivity index (χ3n) is 6.19. The van der Waals surface area contributed by atoms with Crippen molar-refractivity contribution in [2.45, 2.75) is 63.3 Å². The lowest BCUT2D eigenvalue weighted by molar-refractivity contribution is -0.485. The standard InChI is InChI=1S/C23H33N7O6/c24-23(28-30(34)35)26-13-5-10-18(22(33)36-15-16-7-2-1-3-8-16)27-20(31)19-11-6-14-29(19)21(32)17-9-4-12-25-17/h1-3,7-8,17-19,25H,4-6,9-15H2,(H,27,31)(H3,24,26,28). The molecule has 0 radical (unpaired) electrons. The highest BCUT2D eigenvalue weighted by atomic mass is 16.7. The molecule has 2 amide bonds. The summed E-state index contributed by atoms with van der Waals surface area (Å²) in [6.45, 7) is 1.52. The molecule has 0 spiro atoms. The molecule has 2 heterocycles. The summed E-state index contributed by atoms with van der Waals surface area (Å²) in [6.07, 6.45) is 3.43. The second kappa shape index (κ2) is 13.4. The zero-order chi connectivity index (χ0) is 25.9. The van der Waals surface area contributed by atoms with Crippen LogP contribution in [0.2, 0.25) is 0 Å². The van der Waals surface area contributed by atoms with Gasteiger partial charge in [0, 0.05) is 13.1 Å². The monoisotopic (exact) mass is 503 g/mol. The fraction of sp³-hybridized carbons (Fsp3) is 0.565. The molecule has 0 saturated carbocycles. The minimum atomic E-state index is -0.959. The van der Waals surface area contributed by atoms with Crippen molar-refractivity contribution in [3.8, 4) is 0 Å². The lowest BCUT2D eigenvalue weighted by Crippen LogP contribution is -2.54. The van der Waals surface area contributed by atoms with Crippen molar-refractivity contribution in [1.29, 1.82) is 0 Å². The van der Waals surface area contributed by atoms with Gasteiger partial charge in [0.2, 0.25) is 11.8 Å². The number of rotatable bonds is 11. The molecule has 2 aliphatic heterocycles. The second-order valence-corrected chi connectivity index (χ2v) is 8.79. The fourth-order valence-electron chi connectivity index (χ4n) is 4.39. The highest BCUT2D eigenvalue weighted by molar-refractivity contribution is 5.92. The zero-order valence-electron chi connectivity index (χ0n) is 20.1. The van der Waals surface area contributed by atoms with Crippen LogP contribution >= 0.6 is 0 Å². The minimum absolute atomic E-state index is 0.0497. The number of carbonyl (C=O) groups excluding carboxylic acids is 3. The molecule has 5 N–H and O–H groups in total. The van der Waals surface area contributed by atoms with E-state index >= 15 is 0 Å². The molecule has 2 saturated heterocycles. The molecule has 1 aromatic rings. The number of carbonyl (C=O) groups is 3. The molecular weight excluding hydrogens is 470 g/mol. The molecule has 0 aromatic heterocycles. The van der Waals surface area contributed by atoms with Crippen LogP contribution in [0.1, 0.15) is 44.1 Å². The molecule has 0 aliphatic carbocycles. The Labute approximate surface area is 208 Å². The topological polar surface area (TPSA) is 181 Å². The Hall–Kier alpha value is -3.74. The lowest BCUT2D eigenvalue weighted by Gasteiger charge is -2.28. The number of nitrogens with two attached hydrogens (primary N) is 1. The summed E-state index contributed by atoms with van der Waals surface area (Å²) in [4.78, 5) is 50.9. The highest BCUT2D eigenvalue weighted by Gasteiger charge is 2.39. The summed E-state index contributed by atoms with van der Waals surface area (Å²) in [5.74, 6) is -1.44. The molecule has 2 aliphatic rings. The van der Waals surface area contributed by atoms with Gasteiger partial charge >= 0.3 is 5.97 Å². The molecule has 0 bridgehead atoms. The minimum Gasteiger partial charge on any atom is -0.459 e. The Bertz CT molecular complexity index is 952. The van der Waals surface area contributed by atoms with Gasteiger partial charge in [-0.1, -0.05) is 30.3 Å². The molecule has 2 fully saturated rings. The first-order valence-electron chi connectivity index (χ1n) is 12.1. The van der Waals surface area contributed by atoms with Crippen LogP contribution in [0.4, 0.5) is 0 Å². The van der Waals surface area contributed by atoms with Crippen molar-refractivity contribution in [3.63, 3.8) is 0 Å². The van der Waals surface area contributed by atoms with Gasteiger partial charge in [-0.2, -0.15) is 0 Å². The molecule has 1 aromatic carbocycles. The Morgan fingerprint density at radius 2 is 2.03 bits per heavy atom. The molecule has 13 nitrogen and oxygen atoms in total. The van der Waals surface area contributed by atoms with E-state index in [0.29, 0.717) is 25.8 Å². The predicted molar refractivity (Wildman–Crippen MR) is 130 cm³/mol. The van der Waals surface area contributed by atoms with Crippen molar-refractivity contribution in [2.24, 2.45) is 10.8 Å². The number of nitrogens with zero attached hydrogens (tertiary/aromatic N) is 3. The predicted octanol–water partition coefficient (Wildman–Crippen LogP) is -0.166. The summed E-state index contributed by atoms with van der Waals surface area (Å²) >= 11 is 0. The van der Waals surface area contributed by atoms with Crippen LogP contribution in [0.15, 0.2) is 35.4 Å². The first-order chi connectivity index (χ1) is 17.3. The molecular formula is C23H33N7O6. The van der Waals surface area contributed by atoms with Crippen LogP contribution in [-0.2, 0) is 25.7 Å². The van der Waals surface area contributed by atoms with E-state index in [4.69, 9.17) is 10.5 Å². The van der Waals surface area contributed by atoms with Crippen molar-refractivity contribution in [3.05, 3.63) is 46.0 Å². The third-order valence-corrected chi connectivity index (χ3v) is 6.19. The fourth-order valence-corrected chi connectivity index (χ4v) is 4.39. The maximum absolute atomic E-state index is 13.2. The SMILES string of the molecule is N/C(=N/[N+](=O)[O-])NCCCC(NC(=O)C1CCCN1C(=O)C1CCCN1)C(=O)OCc1ccccc1. The van der Waals surface area contributed by atoms with E-state index in [1.165, 1.54) is 0 Å². The maximum atomic E-state index is 13.2. The number of likely N-dealkylation sites (tertiary alicyclic amines) is 1. The van der Waals surface area contributed by atoms with Crippen LogP contribution in [0.5, 0.6) is 0 Å². The van der Waals surface area contributed by atoms with Gasteiger partial charge in [-0.3, -0.25) is 9.59 Å². The van der Waals surface area contributed by atoms with Gasteiger partial charge in [0.05, 0.1) is 6.04 Å². The van der Waals surface area contributed by atoms with Crippen molar-refractivity contribution < 1.29 is 24.2 Å². The summed E-state index contributed by atoms with van der Waals surface area (Å²) < 4.78 is 5.44. The quantitative estimate of drug-likeness (QED) is 0.0796. The molecule has 3 unspecified atom stereocenters. The maximum Gasteiger partial charge on any atom is 0.328 e. The Morgan fingerprint density at radius 1 is 1.25 bits per heavy atom. The molecule has 13 heteroatoms. The van der Waals surface area contributed by atoms with E-state index in [1.54, 1.807) is 4.90 Å². The normalized spacial score (nSPS) is 20.6. The second-order valence-electron chi connectivity index (χ2n) is 8.79. The Morgan fingerprint density at radius 3 is 2.72 bits per heavy atom. The number of hydrogen-bond acceptors (Lipinski definition) is 7. The van der Waals surface area contributed by atoms with Gasteiger partial charge in [-0.25, -0.2) is 14.9 Å². The van der Waals surface area contributed by atoms with Gasteiger partial charge in [0.1, 0.15) is 23.8 Å². The van der Waals surface area contributed by atoms with E-state index in [0.717, 1.165) is 24.9 Å². The highest BCUT2D eigenvalue weighted by Crippen LogP contribution is 2.21. The van der Waals surface area contributed by atoms with Crippen molar-refractivity contribution in [2.75, 3.05) is 19.6 Å². The van der Waals surface area contributed by atoms with Gasteiger partial charge in [-0.15, -0.1) is 0 Å². The largest absolute Gasteiger partial charge is 0.459 e. The number of amides is 2. The summed E-state index contributed by atoms with van der Waals surface area (Å²) in [6, 6.07) is 7.27. The summed E-state index contributed by atoms with van der Waals surface area (Å²) in [5, 5.41) is 21.0. The number of esters is 1. The summed E-state index contributed by atoms with van der Waals surface area (Å²) in [5.41, 5.74) is 6.22. The zero-order valence-corrected chi connectivity index (χ0v) is 20.1. The number of ether oxygens (including phenoxy) is 1. The van der Waals surface area contributed by atoms with Crippen molar-refractivity contribution >= 4 is 23.7 Å². The number of hydrazone groups is 1. The van der Waals surface area contributed by atoms with E-state index in [-0.39, 0.29) is 37.5 Å².